The fourth-order valence-corrected chi connectivity index (χ4v) is 6.25. The van der Waals surface area contributed by atoms with Crippen LogP contribution in [0.5, 0.6) is 0 Å². The summed E-state index contributed by atoms with van der Waals surface area (Å²) < 4.78 is 2.28. The summed E-state index contributed by atoms with van der Waals surface area (Å²) >= 11 is 0. The van der Waals surface area contributed by atoms with Crippen molar-refractivity contribution in [3.8, 4) is 0 Å². The lowest BCUT2D eigenvalue weighted by Gasteiger charge is -2.34. The van der Waals surface area contributed by atoms with Crippen molar-refractivity contribution < 1.29 is 0 Å². The first-order valence-corrected chi connectivity index (χ1v) is 14.6. The van der Waals surface area contributed by atoms with E-state index in [4.69, 9.17) is 4.98 Å². The Balaban J connectivity index is 1.05. The topological polar surface area (TPSA) is 61.2 Å². The van der Waals surface area contributed by atoms with Gasteiger partial charge in [-0.1, -0.05) is 66.7 Å². The molecule has 0 saturated carbocycles. The zero-order chi connectivity index (χ0) is 27.6. The third-order valence-electron chi connectivity index (χ3n) is 8.50. The Morgan fingerprint density at radius 1 is 0.927 bits per heavy atom. The molecule has 2 N–H and O–H groups in total. The molecule has 0 radical (unpaired) electrons. The number of para-hydroxylation sites is 3. The fraction of sp³-hybridized carbons (Fsp3) is 0.257. The standard InChI is InChI=1S/C35H36N6/c1-40-30(20-28-7-2-5-11-34(28)40)22-36-21-25-12-14-26(15-13-25)23-41(24-35-38-32-9-3-4-10-33(32)39-35)29-16-17-31-27(19-29)8-6-18-37-31/h2-15,18-20,29,31,36H,16-17,21-24H2,1H3,(H,38,39). The maximum Gasteiger partial charge on any atom is 0.121 e. The second kappa shape index (κ2) is 11.3. The number of allylic oxidation sites excluding steroid dienone is 1. The number of aliphatic imine (C=N–C) groups is 1. The highest BCUT2D eigenvalue weighted by atomic mass is 15.2. The molecule has 5 aromatic rings. The first kappa shape index (κ1) is 25.7. The Morgan fingerprint density at radius 2 is 1.76 bits per heavy atom. The molecule has 0 saturated heterocycles. The number of aromatic nitrogens is 3. The number of aromatic amines is 1. The van der Waals surface area contributed by atoms with Gasteiger partial charge in [0.2, 0.25) is 0 Å². The minimum Gasteiger partial charge on any atom is -0.346 e. The van der Waals surface area contributed by atoms with Crippen LogP contribution in [0.15, 0.2) is 108 Å². The summed E-state index contributed by atoms with van der Waals surface area (Å²) in [5, 5.41) is 4.93. The lowest BCUT2D eigenvalue weighted by atomic mass is 9.89. The lowest BCUT2D eigenvalue weighted by Crippen LogP contribution is -2.37. The molecule has 0 amide bonds. The van der Waals surface area contributed by atoms with E-state index < -0.39 is 0 Å². The Labute approximate surface area is 241 Å². The second-order valence-electron chi connectivity index (χ2n) is 11.3. The molecule has 1 aliphatic heterocycles. The SMILES string of the molecule is Cn1c(CNCc2ccc(CN(Cc3nc4ccccc4[nH]3)C3C=C4C=CC=NC4CC3)cc2)cc2ccccc21. The average Bonchev–Trinajstić information content (AvgIpc) is 3.57. The summed E-state index contributed by atoms with van der Waals surface area (Å²) in [6.07, 6.45) is 10.8. The molecule has 0 spiro atoms. The van der Waals surface area contributed by atoms with E-state index in [1.807, 2.05) is 12.3 Å². The number of dihydropyridines is 1. The molecule has 6 nitrogen and oxygen atoms in total. The number of nitrogens with zero attached hydrogens (tertiary/aromatic N) is 4. The van der Waals surface area contributed by atoms with Crippen molar-refractivity contribution in [1.29, 1.82) is 0 Å². The van der Waals surface area contributed by atoms with E-state index in [1.165, 1.54) is 33.3 Å². The molecule has 0 fully saturated rings. The van der Waals surface area contributed by atoms with Crippen molar-refractivity contribution in [2.45, 2.75) is 51.1 Å². The Kier molecular flexibility index (Phi) is 7.09. The molecule has 41 heavy (non-hydrogen) atoms. The summed E-state index contributed by atoms with van der Waals surface area (Å²) in [7, 11) is 2.14. The summed E-state index contributed by atoms with van der Waals surface area (Å²) in [5.74, 6) is 1.01. The van der Waals surface area contributed by atoms with Crippen molar-refractivity contribution in [3.63, 3.8) is 0 Å². The predicted molar refractivity (Wildman–Crippen MR) is 168 cm³/mol. The summed E-state index contributed by atoms with van der Waals surface area (Å²) in [6.45, 7) is 3.32. The monoisotopic (exact) mass is 540 g/mol. The number of fused-ring (bicyclic) bond motifs is 3. The van der Waals surface area contributed by atoms with Crippen molar-refractivity contribution in [2.24, 2.45) is 12.0 Å². The first-order chi connectivity index (χ1) is 20.2. The highest BCUT2D eigenvalue weighted by Crippen LogP contribution is 2.29. The van der Waals surface area contributed by atoms with Crippen LogP contribution in [0, 0.1) is 0 Å². The normalized spacial score (nSPS) is 18.3. The average molecular weight is 541 g/mol. The molecule has 7 rings (SSSR count). The highest BCUT2D eigenvalue weighted by Gasteiger charge is 2.27. The van der Waals surface area contributed by atoms with Crippen LogP contribution in [-0.4, -0.2) is 37.7 Å². The minimum atomic E-state index is 0.310. The molecule has 2 unspecified atom stereocenters. The van der Waals surface area contributed by atoms with E-state index in [-0.39, 0.29) is 0 Å². The van der Waals surface area contributed by atoms with Crippen molar-refractivity contribution in [3.05, 3.63) is 125 Å². The predicted octanol–water partition coefficient (Wildman–Crippen LogP) is 6.44. The van der Waals surface area contributed by atoms with Gasteiger partial charge < -0.3 is 14.9 Å². The van der Waals surface area contributed by atoms with Crippen LogP contribution in [-0.2, 0) is 33.2 Å². The van der Waals surface area contributed by atoms with Crippen LogP contribution in [0.2, 0.25) is 0 Å². The number of imidazole rings is 1. The smallest absolute Gasteiger partial charge is 0.121 e. The largest absolute Gasteiger partial charge is 0.346 e. The van der Waals surface area contributed by atoms with Crippen LogP contribution in [0.3, 0.4) is 0 Å². The van der Waals surface area contributed by atoms with Gasteiger partial charge in [-0.05, 0) is 65.3 Å². The molecule has 2 aliphatic rings. The quantitative estimate of drug-likeness (QED) is 0.226. The molecule has 0 bridgehead atoms. The molecular weight excluding hydrogens is 504 g/mol. The molecule has 206 valence electrons. The summed E-state index contributed by atoms with van der Waals surface area (Å²) in [4.78, 5) is 15.7. The van der Waals surface area contributed by atoms with E-state index >= 15 is 0 Å². The van der Waals surface area contributed by atoms with Gasteiger partial charge in [0.25, 0.3) is 0 Å². The van der Waals surface area contributed by atoms with Gasteiger partial charge in [-0.15, -0.1) is 0 Å². The third kappa shape index (κ3) is 5.53. The third-order valence-corrected chi connectivity index (χ3v) is 8.50. The zero-order valence-corrected chi connectivity index (χ0v) is 23.5. The number of hydrogen-bond donors (Lipinski definition) is 2. The van der Waals surface area contributed by atoms with E-state index in [2.05, 4.69) is 123 Å². The van der Waals surface area contributed by atoms with Gasteiger partial charge >= 0.3 is 0 Å². The van der Waals surface area contributed by atoms with Gasteiger partial charge in [-0.25, -0.2) is 4.98 Å². The minimum absolute atomic E-state index is 0.310. The van der Waals surface area contributed by atoms with Crippen LogP contribution in [0.25, 0.3) is 21.9 Å². The number of benzene rings is 3. The Hall–Kier alpha value is -4.26. The summed E-state index contributed by atoms with van der Waals surface area (Å²) in [6, 6.07) is 28.8. The highest BCUT2D eigenvalue weighted by molar-refractivity contribution is 5.81. The number of hydrogen-bond acceptors (Lipinski definition) is 4. The van der Waals surface area contributed by atoms with E-state index in [1.54, 1.807) is 0 Å². The molecule has 3 aromatic carbocycles. The van der Waals surface area contributed by atoms with Gasteiger partial charge in [0.15, 0.2) is 0 Å². The van der Waals surface area contributed by atoms with Crippen LogP contribution < -0.4 is 5.32 Å². The summed E-state index contributed by atoms with van der Waals surface area (Å²) in [5.41, 5.74) is 8.64. The molecule has 2 atom stereocenters. The van der Waals surface area contributed by atoms with Crippen LogP contribution in [0.1, 0.15) is 35.5 Å². The Morgan fingerprint density at radius 3 is 2.63 bits per heavy atom. The van der Waals surface area contributed by atoms with E-state index in [0.717, 1.165) is 55.9 Å². The molecule has 3 heterocycles. The molecule has 6 heteroatoms. The van der Waals surface area contributed by atoms with Gasteiger partial charge in [0.05, 0.1) is 23.6 Å². The lowest BCUT2D eigenvalue weighted by molar-refractivity contribution is 0.188. The van der Waals surface area contributed by atoms with Gasteiger partial charge in [0.1, 0.15) is 5.82 Å². The fourth-order valence-electron chi connectivity index (χ4n) is 6.25. The van der Waals surface area contributed by atoms with Crippen LogP contribution in [0.4, 0.5) is 0 Å². The maximum atomic E-state index is 4.90. The van der Waals surface area contributed by atoms with Crippen molar-refractivity contribution in [1.82, 2.24) is 24.8 Å². The number of nitrogens with one attached hydrogen (secondary N) is 2. The molecular formula is C35H36N6. The van der Waals surface area contributed by atoms with Crippen molar-refractivity contribution in [2.75, 3.05) is 0 Å². The van der Waals surface area contributed by atoms with Crippen LogP contribution >= 0.6 is 0 Å². The number of rotatable bonds is 9. The second-order valence-corrected chi connectivity index (χ2v) is 11.3. The van der Waals surface area contributed by atoms with Gasteiger partial charge in [0, 0.05) is 50.1 Å². The number of aryl methyl sites for hydroxylation is 1. The Bertz CT molecular complexity index is 1720. The number of H-pyrrole nitrogens is 1. The van der Waals surface area contributed by atoms with E-state index in [0.29, 0.717) is 12.1 Å². The molecule has 2 aromatic heterocycles. The van der Waals surface area contributed by atoms with Gasteiger partial charge in [-0.3, -0.25) is 9.89 Å². The van der Waals surface area contributed by atoms with Gasteiger partial charge in [-0.2, -0.15) is 0 Å². The van der Waals surface area contributed by atoms with Crippen molar-refractivity contribution >= 4 is 28.2 Å². The first-order valence-electron chi connectivity index (χ1n) is 14.6. The maximum absolute atomic E-state index is 4.90. The molecule has 1 aliphatic carbocycles. The zero-order valence-electron chi connectivity index (χ0n) is 23.5. The van der Waals surface area contributed by atoms with E-state index in [9.17, 15) is 0 Å².